The average molecular weight is 287 g/mol. The van der Waals surface area contributed by atoms with Crippen LogP contribution in [-0.4, -0.2) is 10.9 Å². The highest BCUT2D eigenvalue weighted by molar-refractivity contribution is 8.13. The zero-order valence-electron chi connectivity index (χ0n) is 13.2. The number of carbonyl (C=O) groups excluding carboxylic acids is 1. The molecule has 0 atom stereocenters. The number of carbonyl (C=O) groups is 1. The van der Waals surface area contributed by atoms with Gasteiger partial charge in [0.1, 0.15) is 0 Å². The molecule has 0 aromatic heterocycles. The summed E-state index contributed by atoms with van der Waals surface area (Å²) < 4.78 is 0. The number of hydrogen-bond acceptors (Lipinski definition) is 2. The van der Waals surface area contributed by atoms with Crippen molar-refractivity contribution in [3.63, 3.8) is 0 Å². The highest BCUT2D eigenvalue weighted by Gasteiger charge is 2.00. The largest absolute Gasteiger partial charge is 0.287 e. The van der Waals surface area contributed by atoms with Gasteiger partial charge in [0.05, 0.1) is 0 Å². The van der Waals surface area contributed by atoms with Gasteiger partial charge in [0.15, 0.2) is 5.12 Å². The maximum atomic E-state index is 11.3. The van der Waals surface area contributed by atoms with Gasteiger partial charge in [-0.1, -0.05) is 96.2 Å². The molecule has 114 valence electrons. The van der Waals surface area contributed by atoms with Crippen molar-refractivity contribution in [2.45, 2.75) is 97.3 Å². The fourth-order valence-corrected chi connectivity index (χ4v) is 2.95. The Morgan fingerprint density at radius 3 is 1.53 bits per heavy atom. The molecule has 0 aliphatic rings. The van der Waals surface area contributed by atoms with Gasteiger partial charge in [-0.2, -0.15) is 0 Å². The van der Waals surface area contributed by atoms with Crippen molar-refractivity contribution < 1.29 is 4.79 Å². The van der Waals surface area contributed by atoms with Gasteiger partial charge in [-0.15, -0.1) is 0 Å². The summed E-state index contributed by atoms with van der Waals surface area (Å²) in [4.78, 5) is 11.3. The smallest absolute Gasteiger partial charge is 0.188 e. The molecule has 0 aliphatic carbocycles. The van der Waals surface area contributed by atoms with Crippen LogP contribution in [0.5, 0.6) is 0 Å². The topological polar surface area (TPSA) is 17.1 Å². The molecule has 19 heavy (non-hydrogen) atoms. The summed E-state index contributed by atoms with van der Waals surface area (Å²) in [5, 5.41) is 0.384. The van der Waals surface area contributed by atoms with Gasteiger partial charge < -0.3 is 0 Å². The van der Waals surface area contributed by atoms with Crippen LogP contribution in [0.2, 0.25) is 0 Å². The molecule has 0 spiro atoms. The van der Waals surface area contributed by atoms with Crippen molar-refractivity contribution in [3.8, 4) is 0 Å². The van der Waals surface area contributed by atoms with Crippen molar-refractivity contribution >= 4 is 16.9 Å². The van der Waals surface area contributed by atoms with Crippen LogP contribution in [0.1, 0.15) is 97.3 Å². The van der Waals surface area contributed by atoms with Crippen LogP contribution >= 0.6 is 11.8 Å². The molecule has 0 saturated carbocycles. The fraction of sp³-hybridized carbons (Fsp3) is 0.941. The van der Waals surface area contributed by atoms with E-state index < -0.39 is 0 Å². The lowest BCUT2D eigenvalue weighted by atomic mass is 10.0. The van der Waals surface area contributed by atoms with Gasteiger partial charge in [0, 0.05) is 6.42 Å². The van der Waals surface area contributed by atoms with Crippen LogP contribution in [0.4, 0.5) is 0 Å². The maximum Gasteiger partial charge on any atom is 0.188 e. The minimum absolute atomic E-state index is 0.384. The molecule has 0 aliphatic heterocycles. The van der Waals surface area contributed by atoms with E-state index in [4.69, 9.17) is 0 Å². The van der Waals surface area contributed by atoms with Gasteiger partial charge >= 0.3 is 0 Å². The van der Waals surface area contributed by atoms with Crippen LogP contribution in [0.25, 0.3) is 0 Å². The van der Waals surface area contributed by atoms with E-state index in [2.05, 4.69) is 6.92 Å². The molecule has 1 nitrogen and oxygen atoms in total. The van der Waals surface area contributed by atoms with Crippen LogP contribution in [-0.2, 0) is 4.79 Å². The third-order valence-electron chi connectivity index (χ3n) is 3.54. The summed E-state index contributed by atoms with van der Waals surface area (Å²) >= 11 is 1.48. The van der Waals surface area contributed by atoms with Crippen molar-refractivity contribution in [2.75, 3.05) is 5.75 Å². The summed E-state index contributed by atoms with van der Waals surface area (Å²) in [6, 6.07) is 0. The van der Waals surface area contributed by atoms with Crippen LogP contribution in [0.3, 0.4) is 0 Å². The lowest BCUT2D eigenvalue weighted by Crippen LogP contribution is -1.92. The first-order valence-corrected chi connectivity index (χ1v) is 9.45. The number of thioether (sulfide) groups is 1. The van der Waals surface area contributed by atoms with Crippen LogP contribution in [0, 0.1) is 0 Å². The molecule has 0 fully saturated rings. The van der Waals surface area contributed by atoms with Crippen molar-refractivity contribution in [2.24, 2.45) is 0 Å². The zero-order chi connectivity index (χ0) is 14.2. The van der Waals surface area contributed by atoms with Gasteiger partial charge in [0.25, 0.3) is 0 Å². The summed E-state index contributed by atoms with van der Waals surface area (Å²) in [5.41, 5.74) is 0. The Kier molecular flexibility index (Phi) is 16.1. The van der Waals surface area contributed by atoms with Crippen LogP contribution < -0.4 is 0 Å². The fourth-order valence-electron chi connectivity index (χ4n) is 2.34. The molecule has 0 heterocycles. The third-order valence-corrected chi connectivity index (χ3v) is 4.35. The van der Waals surface area contributed by atoms with Gasteiger partial charge in [-0.05, 0) is 12.2 Å². The third kappa shape index (κ3) is 16.0. The highest BCUT2D eigenvalue weighted by atomic mass is 32.2. The predicted molar refractivity (Wildman–Crippen MR) is 88.8 cm³/mol. The number of unbranched alkanes of at least 4 members (excludes halogenated alkanes) is 11. The second-order valence-corrected chi connectivity index (χ2v) is 6.77. The van der Waals surface area contributed by atoms with E-state index in [9.17, 15) is 4.79 Å². The number of rotatable bonds is 14. The van der Waals surface area contributed by atoms with E-state index in [0.717, 1.165) is 18.6 Å². The molecule has 0 N–H and O–H groups in total. The van der Waals surface area contributed by atoms with E-state index in [1.54, 1.807) is 0 Å². The second kappa shape index (κ2) is 16.1. The molecular weight excluding hydrogens is 252 g/mol. The lowest BCUT2D eigenvalue weighted by molar-refractivity contribution is -0.111. The summed E-state index contributed by atoms with van der Waals surface area (Å²) in [7, 11) is 0. The SMILES string of the molecule is CCCCCCCCCCCCCCC(=O)SCC. The first kappa shape index (κ1) is 19.0. The van der Waals surface area contributed by atoms with E-state index in [1.807, 2.05) is 6.92 Å². The normalized spacial score (nSPS) is 10.8. The molecule has 0 unspecified atom stereocenters. The van der Waals surface area contributed by atoms with E-state index in [1.165, 1.54) is 82.4 Å². The second-order valence-electron chi connectivity index (χ2n) is 5.44. The van der Waals surface area contributed by atoms with E-state index in [0.29, 0.717) is 5.12 Å². The molecule has 0 aromatic carbocycles. The molecule has 0 radical (unpaired) electrons. The minimum Gasteiger partial charge on any atom is -0.287 e. The Hall–Kier alpha value is 0.0200. The zero-order valence-corrected chi connectivity index (χ0v) is 14.0. The van der Waals surface area contributed by atoms with Crippen molar-refractivity contribution in [1.29, 1.82) is 0 Å². The monoisotopic (exact) mass is 286 g/mol. The summed E-state index contributed by atoms with van der Waals surface area (Å²) in [6.45, 7) is 4.32. The average Bonchev–Trinajstić information content (AvgIpc) is 2.40. The Labute approximate surface area is 125 Å². The molecule has 0 aromatic rings. The Balaban J connectivity index is 3.01. The molecule has 0 bridgehead atoms. The quantitative estimate of drug-likeness (QED) is 0.346. The maximum absolute atomic E-state index is 11.3. The molecule has 0 saturated heterocycles. The Bertz CT molecular complexity index is 192. The Morgan fingerprint density at radius 1 is 0.684 bits per heavy atom. The highest BCUT2D eigenvalue weighted by Crippen LogP contribution is 2.14. The minimum atomic E-state index is 0.384. The van der Waals surface area contributed by atoms with E-state index >= 15 is 0 Å². The molecule has 2 heteroatoms. The first-order valence-electron chi connectivity index (χ1n) is 8.46. The van der Waals surface area contributed by atoms with Crippen molar-refractivity contribution in [1.82, 2.24) is 0 Å². The molecule has 0 amide bonds. The first-order chi connectivity index (χ1) is 9.31. The van der Waals surface area contributed by atoms with Crippen LogP contribution in [0.15, 0.2) is 0 Å². The molecule has 0 rings (SSSR count). The molecular formula is C17H34OS. The van der Waals surface area contributed by atoms with E-state index in [-0.39, 0.29) is 0 Å². The van der Waals surface area contributed by atoms with Crippen molar-refractivity contribution in [3.05, 3.63) is 0 Å². The summed E-state index contributed by atoms with van der Waals surface area (Å²) in [6.07, 6.45) is 17.1. The standard InChI is InChI=1S/C17H34OS/c1-3-5-6-7-8-9-10-11-12-13-14-15-16-17(18)19-4-2/h3-16H2,1-2H3. The van der Waals surface area contributed by atoms with Gasteiger partial charge in [-0.3, -0.25) is 4.79 Å². The van der Waals surface area contributed by atoms with Gasteiger partial charge in [-0.25, -0.2) is 0 Å². The predicted octanol–water partition coefficient (Wildman–Crippen LogP) is 6.36. The van der Waals surface area contributed by atoms with Gasteiger partial charge in [0.2, 0.25) is 0 Å². The summed E-state index contributed by atoms with van der Waals surface area (Å²) in [5.74, 6) is 0.928. The lowest BCUT2D eigenvalue weighted by Gasteiger charge is -2.02. The number of hydrogen-bond donors (Lipinski definition) is 0. The Morgan fingerprint density at radius 2 is 1.11 bits per heavy atom.